The third-order valence-corrected chi connectivity index (χ3v) is 5.89. The number of hydrogen-bond acceptors (Lipinski definition) is 4. The Labute approximate surface area is 170 Å². The summed E-state index contributed by atoms with van der Waals surface area (Å²) < 4.78 is 26.7. The summed E-state index contributed by atoms with van der Waals surface area (Å²) in [5.41, 5.74) is 0. The van der Waals surface area contributed by atoms with Crippen molar-refractivity contribution in [3.05, 3.63) is 18.2 Å². The highest BCUT2D eigenvalue weighted by Gasteiger charge is 2.30. The van der Waals surface area contributed by atoms with Gasteiger partial charge < -0.3 is 9.80 Å². The van der Waals surface area contributed by atoms with E-state index in [0.717, 1.165) is 30.5 Å². The Hall–Kier alpha value is -2.03. The minimum Gasteiger partial charge on any atom is -0.342 e. The molecule has 9 heteroatoms. The zero-order valence-electron chi connectivity index (χ0n) is 17.1. The first-order valence-corrected chi connectivity index (χ1v) is 10.5. The number of rotatable bonds is 6. The second kappa shape index (κ2) is 10.1. The van der Waals surface area contributed by atoms with Gasteiger partial charge in [-0.1, -0.05) is 12.8 Å². The van der Waals surface area contributed by atoms with E-state index in [4.69, 9.17) is 0 Å². The van der Waals surface area contributed by atoms with E-state index in [2.05, 4.69) is 4.98 Å². The Balaban J connectivity index is 1.44. The molecule has 2 fully saturated rings. The van der Waals surface area contributed by atoms with Gasteiger partial charge in [-0.15, -0.1) is 0 Å². The fourth-order valence-corrected chi connectivity index (χ4v) is 4.20. The second-order valence-electron chi connectivity index (χ2n) is 8.10. The lowest BCUT2D eigenvalue weighted by Gasteiger charge is -2.34. The maximum atomic E-state index is 12.9. The van der Waals surface area contributed by atoms with Gasteiger partial charge in [0.2, 0.25) is 11.8 Å². The molecule has 7 nitrogen and oxygen atoms in total. The normalized spacial score (nSPS) is 19.1. The van der Waals surface area contributed by atoms with E-state index in [1.54, 1.807) is 16.8 Å². The number of hydrogen-bond donors (Lipinski definition) is 0. The van der Waals surface area contributed by atoms with Crippen LogP contribution < -0.4 is 0 Å². The minimum absolute atomic E-state index is 0.00778. The van der Waals surface area contributed by atoms with Crippen molar-refractivity contribution < 1.29 is 18.4 Å². The summed E-state index contributed by atoms with van der Waals surface area (Å²) in [5, 5.41) is 0. The predicted molar refractivity (Wildman–Crippen MR) is 104 cm³/mol. The molecule has 0 spiro atoms. The van der Waals surface area contributed by atoms with Crippen LogP contribution in [0.4, 0.5) is 8.78 Å². The molecule has 0 aromatic carbocycles. The number of likely N-dealkylation sites (N-methyl/N-ethyl adjacent to an activating group) is 1. The molecule has 0 radical (unpaired) electrons. The van der Waals surface area contributed by atoms with Crippen LogP contribution in [0.25, 0.3) is 0 Å². The topological polar surface area (TPSA) is 61.7 Å². The predicted octanol–water partition coefficient (Wildman–Crippen LogP) is 2.35. The first-order valence-electron chi connectivity index (χ1n) is 10.5. The minimum atomic E-state index is -2.64. The molecule has 1 aromatic rings. The number of piperidine rings is 1. The summed E-state index contributed by atoms with van der Waals surface area (Å²) in [7, 11) is 1.72. The van der Waals surface area contributed by atoms with Gasteiger partial charge in [0.1, 0.15) is 5.82 Å². The van der Waals surface area contributed by atoms with Crippen molar-refractivity contribution in [3.63, 3.8) is 0 Å². The number of alkyl halides is 2. The van der Waals surface area contributed by atoms with E-state index in [1.807, 2.05) is 4.90 Å². The number of carbonyl (C=O) groups excluding carboxylic acids is 2. The van der Waals surface area contributed by atoms with E-state index in [1.165, 1.54) is 25.2 Å². The molecule has 2 aliphatic rings. The third kappa shape index (κ3) is 5.74. The fourth-order valence-electron chi connectivity index (χ4n) is 4.20. The number of carbonyl (C=O) groups is 2. The van der Waals surface area contributed by atoms with E-state index < -0.39 is 6.55 Å². The van der Waals surface area contributed by atoms with Crippen molar-refractivity contribution in [3.8, 4) is 0 Å². The van der Waals surface area contributed by atoms with Gasteiger partial charge in [0.25, 0.3) is 0 Å². The van der Waals surface area contributed by atoms with Crippen molar-refractivity contribution >= 4 is 11.8 Å². The molecule has 2 saturated heterocycles. The molecule has 0 N–H and O–H groups in total. The molecule has 29 heavy (non-hydrogen) atoms. The number of amides is 2. The molecule has 0 aliphatic carbocycles. The summed E-state index contributed by atoms with van der Waals surface area (Å²) in [6.45, 7) is 0.533. The van der Waals surface area contributed by atoms with Gasteiger partial charge in [-0.3, -0.25) is 19.1 Å². The maximum Gasteiger partial charge on any atom is 0.319 e. The summed E-state index contributed by atoms with van der Waals surface area (Å²) in [6, 6.07) is 0. The second-order valence-corrected chi connectivity index (χ2v) is 8.10. The van der Waals surface area contributed by atoms with Gasteiger partial charge in [0, 0.05) is 44.5 Å². The molecule has 162 valence electrons. The van der Waals surface area contributed by atoms with Gasteiger partial charge in [-0.25, -0.2) is 4.98 Å². The summed E-state index contributed by atoms with van der Waals surface area (Å²) in [5.74, 6) is 0.448. The molecule has 2 aliphatic heterocycles. The van der Waals surface area contributed by atoms with Crippen LogP contribution in [0.5, 0.6) is 0 Å². The van der Waals surface area contributed by atoms with Gasteiger partial charge in [-0.2, -0.15) is 8.78 Å². The molecule has 0 unspecified atom stereocenters. The summed E-state index contributed by atoms with van der Waals surface area (Å²) in [6.07, 6.45) is 8.52. The highest BCUT2D eigenvalue weighted by atomic mass is 19.3. The monoisotopic (exact) mass is 411 g/mol. The van der Waals surface area contributed by atoms with E-state index in [0.29, 0.717) is 25.9 Å². The zero-order valence-corrected chi connectivity index (χ0v) is 17.1. The van der Waals surface area contributed by atoms with E-state index in [9.17, 15) is 18.4 Å². The first kappa shape index (κ1) is 21.7. The van der Waals surface area contributed by atoms with Crippen molar-refractivity contribution in [2.45, 2.75) is 51.6 Å². The quantitative estimate of drug-likeness (QED) is 0.721. The fraction of sp³-hybridized carbons (Fsp3) is 0.750. The van der Waals surface area contributed by atoms with Crippen LogP contribution in [0.3, 0.4) is 0 Å². The average Bonchev–Trinajstić information content (AvgIpc) is 2.99. The summed E-state index contributed by atoms with van der Waals surface area (Å²) in [4.78, 5) is 34.8. The number of imidazole rings is 1. The smallest absolute Gasteiger partial charge is 0.319 e. The van der Waals surface area contributed by atoms with Crippen molar-refractivity contribution in [1.82, 2.24) is 24.3 Å². The van der Waals surface area contributed by atoms with Crippen LogP contribution >= 0.6 is 0 Å². The number of aromatic nitrogens is 2. The lowest BCUT2D eigenvalue weighted by Crippen LogP contribution is -2.47. The van der Waals surface area contributed by atoms with Gasteiger partial charge in [-0.05, 0) is 32.7 Å². The van der Waals surface area contributed by atoms with Gasteiger partial charge >= 0.3 is 6.55 Å². The molecule has 1 aromatic heterocycles. The van der Waals surface area contributed by atoms with Crippen LogP contribution in [-0.2, 0) is 16.1 Å². The van der Waals surface area contributed by atoms with Crippen LogP contribution in [0.2, 0.25) is 0 Å². The standard InChI is InChI=1S/C20H31F2N5O2/c1-24(14-17-23-8-13-27(17)20(21)22)15-18(28)25-11-6-16(7-12-25)19(29)26-9-4-2-3-5-10-26/h8,13,16,20H,2-7,9-12,14-15H2,1H3. The Morgan fingerprint density at radius 1 is 1.10 bits per heavy atom. The average molecular weight is 411 g/mol. The number of likely N-dealkylation sites (tertiary alicyclic amines) is 2. The molecule has 3 rings (SSSR count). The van der Waals surface area contributed by atoms with Crippen LogP contribution in [-0.4, -0.2) is 75.8 Å². The number of nitrogens with zero attached hydrogens (tertiary/aromatic N) is 5. The SMILES string of the molecule is CN(CC(=O)N1CCC(C(=O)N2CCCCCC2)CC1)Cc1nccn1C(F)F. The van der Waals surface area contributed by atoms with Gasteiger partial charge in [0.15, 0.2) is 0 Å². The molecule has 2 amide bonds. The highest BCUT2D eigenvalue weighted by molar-refractivity contribution is 5.81. The molecular formula is C20H31F2N5O2. The zero-order chi connectivity index (χ0) is 20.8. The van der Waals surface area contributed by atoms with Crippen molar-refractivity contribution in [2.75, 3.05) is 39.8 Å². The Morgan fingerprint density at radius 3 is 2.38 bits per heavy atom. The Bertz CT molecular complexity index is 680. The lowest BCUT2D eigenvalue weighted by atomic mass is 9.95. The van der Waals surface area contributed by atoms with Crippen molar-refractivity contribution in [2.24, 2.45) is 5.92 Å². The molecule has 0 saturated carbocycles. The Morgan fingerprint density at radius 2 is 1.76 bits per heavy atom. The van der Waals surface area contributed by atoms with Crippen LogP contribution in [0.15, 0.2) is 12.4 Å². The maximum absolute atomic E-state index is 12.9. The number of halogens is 2. The highest BCUT2D eigenvalue weighted by Crippen LogP contribution is 2.22. The molecule has 3 heterocycles. The molecular weight excluding hydrogens is 380 g/mol. The van der Waals surface area contributed by atoms with E-state index in [-0.39, 0.29) is 36.6 Å². The Kier molecular flexibility index (Phi) is 7.57. The van der Waals surface area contributed by atoms with Crippen LogP contribution in [0.1, 0.15) is 50.9 Å². The molecule has 0 bridgehead atoms. The molecule has 0 atom stereocenters. The third-order valence-electron chi connectivity index (χ3n) is 5.89. The van der Waals surface area contributed by atoms with Crippen LogP contribution in [0, 0.1) is 5.92 Å². The lowest BCUT2D eigenvalue weighted by molar-refractivity contribution is -0.141. The van der Waals surface area contributed by atoms with Crippen molar-refractivity contribution in [1.29, 1.82) is 0 Å². The first-order chi connectivity index (χ1) is 14.0. The summed E-state index contributed by atoms with van der Waals surface area (Å²) >= 11 is 0. The van der Waals surface area contributed by atoms with Gasteiger partial charge in [0.05, 0.1) is 13.1 Å². The van der Waals surface area contributed by atoms with E-state index >= 15 is 0 Å². The largest absolute Gasteiger partial charge is 0.342 e.